The van der Waals surface area contributed by atoms with E-state index in [1.807, 2.05) is 24.3 Å². The van der Waals surface area contributed by atoms with Gasteiger partial charge in [-0.2, -0.15) is 0 Å². The number of H-pyrrole nitrogens is 1. The standard InChI is InChI=1S/C22H19N3O3/c26-21-18(20(22(27)28)24-25(21)17-8-2-1-3-9-17)10-4-6-15-11-12-19-16(14-15)7-5-13-23-19/h1-4,6,8-12,14,24H,5,7,13H2,(H,27,28). The number of aryl methyl sites for hydroxylation is 1. The predicted molar refractivity (Wildman–Crippen MR) is 107 cm³/mol. The van der Waals surface area contributed by atoms with Crippen molar-refractivity contribution in [3.8, 4) is 5.69 Å². The van der Waals surface area contributed by atoms with Gasteiger partial charge in [-0.1, -0.05) is 36.4 Å². The highest BCUT2D eigenvalue weighted by Crippen LogP contribution is 2.09. The summed E-state index contributed by atoms with van der Waals surface area (Å²) in [4.78, 5) is 28.8. The zero-order valence-corrected chi connectivity index (χ0v) is 15.1. The SMILES string of the molecule is O=C(O)c1[nH]n(-c2ccccc2)c(=O)c1C=CC=c1ccc2c(c1)CCCN=2. The van der Waals surface area contributed by atoms with Crippen molar-refractivity contribution in [2.24, 2.45) is 4.99 Å². The molecule has 1 aromatic heterocycles. The molecule has 2 N–H and O–H groups in total. The summed E-state index contributed by atoms with van der Waals surface area (Å²) >= 11 is 0. The first kappa shape index (κ1) is 17.7. The number of carboxylic acids is 1. The molecule has 0 saturated heterocycles. The molecule has 0 fully saturated rings. The maximum atomic E-state index is 12.7. The number of rotatable bonds is 4. The molecule has 0 atom stereocenters. The molecule has 0 bridgehead atoms. The fraction of sp³-hybridized carbons (Fsp3) is 0.136. The van der Waals surface area contributed by atoms with Gasteiger partial charge in [-0.05, 0) is 54.0 Å². The Hall–Kier alpha value is -3.67. The lowest BCUT2D eigenvalue weighted by Gasteiger charge is -2.06. The van der Waals surface area contributed by atoms with Crippen LogP contribution in [0, 0.1) is 0 Å². The first-order chi connectivity index (χ1) is 13.6. The lowest BCUT2D eigenvalue weighted by atomic mass is 10.1. The summed E-state index contributed by atoms with van der Waals surface area (Å²) in [5.74, 6) is -1.18. The van der Waals surface area contributed by atoms with Crippen LogP contribution >= 0.6 is 0 Å². The molecule has 4 rings (SSSR count). The Labute approximate surface area is 160 Å². The molecule has 2 aromatic carbocycles. The fourth-order valence-corrected chi connectivity index (χ4v) is 3.31. The largest absolute Gasteiger partial charge is 0.477 e. The molecule has 2 heterocycles. The van der Waals surface area contributed by atoms with Gasteiger partial charge in [-0.3, -0.25) is 14.9 Å². The highest BCUT2D eigenvalue weighted by Gasteiger charge is 2.18. The number of carbonyl (C=O) groups is 1. The van der Waals surface area contributed by atoms with Crippen LogP contribution < -0.4 is 16.1 Å². The predicted octanol–water partition coefficient (Wildman–Crippen LogP) is 1.92. The molecule has 0 saturated carbocycles. The van der Waals surface area contributed by atoms with E-state index in [1.165, 1.54) is 16.3 Å². The van der Waals surface area contributed by atoms with Gasteiger partial charge >= 0.3 is 5.97 Å². The summed E-state index contributed by atoms with van der Waals surface area (Å²) in [5, 5.41) is 14.2. The van der Waals surface area contributed by atoms with Crippen LogP contribution in [0.5, 0.6) is 0 Å². The van der Waals surface area contributed by atoms with Gasteiger partial charge in [0.25, 0.3) is 5.56 Å². The number of hydrogen-bond donors (Lipinski definition) is 2. The number of para-hydroxylation sites is 1. The molecule has 6 heteroatoms. The zero-order chi connectivity index (χ0) is 19.5. The van der Waals surface area contributed by atoms with E-state index in [0.717, 1.165) is 30.0 Å². The van der Waals surface area contributed by atoms with Gasteiger partial charge < -0.3 is 5.11 Å². The summed E-state index contributed by atoms with van der Waals surface area (Å²) in [5.41, 5.74) is 1.37. The summed E-state index contributed by atoms with van der Waals surface area (Å²) in [6.45, 7) is 0.870. The van der Waals surface area contributed by atoms with E-state index < -0.39 is 11.5 Å². The van der Waals surface area contributed by atoms with Crippen LogP contribution in [0.2, 0.25) is 0 Å². The molecule has 1 aliphatic rings. The molecule has 0 unspecified atom stereocenters. The third-order valence-corrected chi connectivity index (χ3v) is 4.70. The van der Waals surface area contributed by atoms with Crippen LogP contribution in [-0.4, -0.2) is 27.4 Å². The second kappa shape index (κ2) is 7.52. The van der Waals surface area contributed by atoms with E-state index in [0.29, 0.717) is 5.69 Å². The van der Waals surface area contributed by atoms with E-state index >= 15 is 0 Å². The second-order valence-electron chi connectivity index (χ2n) is 6.58. The monoisotopic (exact) mass is 373 g/mol. The molecule has 1 aliphatic heterocycles. The molecule has 140 valence electrons. The second-order valence-corrected chi connectivity index (χ2v) is 6.58. The van der Waals surface area contributed by atoms with Crippen molar-refractivity contribution in [1.82, 2.24) is 9.78 Å². The van der Waals surface area contributed by atoms with Gasteiger partial charge in [0.2, 0.25) is 0 Å². The average Bonchev–Trinajstić information content (AvgIpc) is 3.05. The molecule has 3 aromatic rings. The Kier molecular flexibility index (Phi) is 4.76. The van der Waals surface area contributed by atoms with E-state index in [1.54, 1.807) is 30.3 Å². The Balaban J connectivity index is 1.72. The van der Waals surface area contributed by atoms with Gasteiger partial charge in [0.15, 0.2) is 5.69 Å². The van der Waals surface area contributed by atoms with Gasteiger partial charge in [0.1, 0.15) is 0 Å². The lowest BCUT2D eigenvalue weighted by molar-refractivity contribution is 0.0689. The first-order valence-corrected chi connectivity index (χ1v) is 9.09. The smallest absolute Gasteiger partial charge is 0.354 e. The maximum absolute atomic E-state index is 12.7. The van der Waals surface area contributed by atoms with Crippen LogP contribution in [0.4, 0.5) is 0 Å². The number of carboxylic acid groups (broad SMARTS) is 1. The molecule has 0 radical (unpaired) electrons. The van der Waals surface area contributed by atoms with Gasteiger partial charge in [0.05, 0.1) is 16.6 Å². The Morgan fingerprint density at radius 2 is 2.00 bits per heavy atom. The Morgan fingerprint density at radius 1 is 1.18 bits per heavy atom. The Bertz CT molecular complexity index is 1230. The van der Waals surface area contributed by atoms with Crippen molar-refractivity contribution < 1.29 is 9.90 Å². The van der Waals surface area contributed by atoms with E-state index in [2.05, 4.69) is 16.2 Å². The van der Waals surface area contributed by atoms with Crippen LogP contribution in [-0.2, 0) is 6.42 Å². The lowest BCUT2D eigenvalue weighted by Crippen LogP contribution is -2.19. The van der Waals surface area contributed by atoms with Gasteiger partial charge in [0, 0.05) is 6.54 Å². The third kappa shape index (κ3) is 3.44. The average molecular weight is 373 g/mol. The number of nitrogens with one attached hydrogen (secondary N) is 1. The number of fused-ring (bicyclic) bond motifs is 1. The summed E-state index contributed by atoms with van der Waals surface area (Å²) in [7, 11) is 0. The summed E-state index contributed by atoms with van der Waals surface area (Å²) in [6.07, 6.45) is 7.16. The van der Waals surface area contributed by atoms with Crippen molar-refractivity contribution in [2.75, 3.05) is 6.54 Å². The fourth-order valence-electron chi connectivity index (χ4n) is 3.31. The molecular weight excluding hydrogens is 354 g/mol. The summed E-state index contributed by atoms with van der Waals surface area (Å²) in [6, 6.07) is 14.9. The normalized spacial score (nSPS) is 14.1. The number of benzene rings is 2. The van der Waals surface area contributed by atoms with E-state index in [9.17, 15) is 14.7 Å². The van der Waals surface area contributed by atoms with Crippen molar-refractivity contribution in [3.63, 3.8) is 0 Å². The van der Waals surface area contributed by atoms with Gasteiger partial charge in [-0.15, -0.1) is 0 Å². The molecule has 0 aliphatic carbocycles. The van der Waals surface area contributed by atoms with Crippen molar-refractivity contribution in [2.45, 2.75) is 12.8 Å². The first-order valence-electron chi connectivity index (χ1n) is 9.09. The number of aromatic carboxylic acids is 1. The number of hydrogen-bond acceptors (Lipinski definition) is 3. The van der Waals surface area contributed by atoms with Crippen molar-refractivity contribution in [1.29, 1.82) is 0 Å². The van der Waals surface area contributed by atoms with E-state index in [4.69, 9.17) is 0 Å². The van der Waals surface area contributed by atoms with Crippen LogP contribution in [0.3, 0.4) is 0 Å². The van der Waals surface area contributed by atoms with Crippen LogP contribution in [0.15, 0.2) is 64.4 Å². The highest BCUT2D eigenvalue weighted by molar-refractivity contribution is 5.90. The minimum absolute atomic E-state index is 0.112. The van der Waals surface area contributed by atoms with Crippen molar-refractivity contribution in [3.05, 3.63) is 92.4 Å². The third-order valence-electron chi connectivity index (χ3n) is 4.70. The highest BCUT2D eigenvalue weighted by atomic mass is 16.4. The number of nitrogens with zero attached hydrogens (tertiary/aromatic N) is 2. The molecule has 6 nitrogen and oxygen atoms in total. The van der Waals surface area contributed by atoms with Crippen molar-refractivity contribution >= 4 is 18.1 Å². The van der Waals surface area contributed by atoms with Crippen LogP contribution in [0.1, 0.15) is 28.0 Å². The zero-order valence-electron chi connectivity index (χ0n) is 15.1. The molecule has 28 heavy (non-hydrogen) atoms. The molecular formula is C22H19N3O3. The van der Waals surface area contributed by atoms with Gasteiger partial charge in [-0.25, -0.2) is 9.48 Å². The number of aromatic nitrogens is 2. The van der Waals surface area contributed by atoms with E-state index in [-0.39, 0.29) is 11.3 Å². The quantitative estimate of drug-likeness (QED) is 0.732. The minimum atomic E-state index is -1.18. The summed E-state index contributed by atoms with van der Waals surface area (Å²) < 4.78 is 1.24. The topological polar surface area (TPSA) is 87.5 Å². The minimum Gasteiger partial charge on any atom is -0.477 e. The molecule has 0 spiro atoms. The van der Waals surface area contributed by atoms with Crippen LogP contribution in [0.25, 0.3) is 17.8 Å². The Morgan fingerprint density at radius 3 is 2.79 bits per heavy atom. The number of aromatic amines is 1. The number of allylic oxidation sites excluding steroid dienone is 1. The maximum Gasteiger partial charge on any atom is 0.354 e. The molecule has 0 amide bonds.